The molecule has 2 N–H and O–H groups in total. The number of aromatic nitrogens is 4. The van der Waals surface area contributed by atoms with Crippen molar-refractivity contribution < 1.29 is 14.7 Å². The first-order valence-corrected chi connectivity index (χ1v) is 7.59. The van der Waals surface area contributed by atoms with E-state index in [-0.39, 0.29) is 0 Å². The second-order valence-electron chi connectivity index (χ2n) is 4.19. The fourth-order valence-electron chi connectivity index (χ4n) is 1.53. The van der Waals surface area contributed by atoms with Gasteiger partial charge in [-0.05, 0) is 29.0 Å². The third kappa shape index (κ3) is 5.55. The average molecular weight is 301 g/mol. The van der Waals surface area contributed by atoms with Crippen LogP contribution >= 0.6 is 11.8 Å². The summed E-state index contributed by atoms with van der Waals surface area (Å²) in [4.78, 5) is 21.1. The van der Waals surface area contributed by atoms with Crippen molar-refractivity contribution in [3.05, 3.63) is 5.82 Å². The summed E-state index contributed by atoms with van der Waals surface area (Å²) in [5.74, 6) is 1.01. The minimum Gasteiger partial charge on any atom is -0.480 e. The normalized spacial score (nSPS) is 12.1. The number of hydrogen-bond donors (Lipinski definition) is 2. The molecule has 1 unspecified atom stereocenters. The summed E-state index contributed by atoms with van der Waals surface area (Å²) in [5.41, 5.74) is 0. The van der Waals surface area contributed by atoms with Gasteiger partial charge < -0.3 is 10.4 Å². The molecule has 0 bridgehead atoms. The highest BCUT2D eigenvalue weighted by Gasteiger charge is 2.15. The van der Waals surface area contributed by atoms with Gasteiger partial charge in [-0.15, -0.1) is 5.10 Å². The Bertz CT molecular complexity index is 426. The molecule has 0 spiro atoms. The molecule has 1 rings (SSSR count). The zero-order chi connectivity index (χ0) is 14.8. The predicted molar refractivity (Wildman–Crippen MR) is 74.1 cm³/mol. The van der Waals surface area contributed by atoms with Crippen molar-refractivity contribution in [1.82, 2.24) is 25.5 Å². The molecule has 1 atom stereocenters. The van der Waals surface area contributed by atoms with Gasteiger partial charge in [0, 0.05) is 6.54 Å². The smallest absolute Gasteiger partial charge is 0.326 e. The second-order valence-corrected chi connectivity index (χ2v) is 5.29. The SMILES string of the molecule is CCCCn1nnnc1CSCCC(NC=O)C(=O)O. The van der Waals surface area contributed by atoms with E-state index in [0.717, 1.165) is 25.2 Å². The molecule has 0 saturated heterocycles. The highest BCUT2D eigenvalue weighted by atomic mass is 32.2. The van der Waals surface area contributed by atoms with Gasteiger partial charge >= 0.3 is 5.97 Å². The van der Waals surface area contributed by atoms with Crippen molar-refractivity contribution in [2.75, 3.05) is 5.75 Å². The van der Waals surface area contributed by atoms with E-state index in [1.54, 1.807) is 16.4 Å². The van der Waals surface area contributed by atoms with E-state index in [0.29, 0.717) is 24.3 Å². The van der Waals surface area contributed by atoms with Crippen molar-refractivity contribution in [2.24, 2.45) is 0 Å². The third-order valence-electron chi connectivity index (χ3n) is 2.68. The summed E-state index contributed by atoms with van der Waals surface area (Å²) in [5, 5.41) is 22.6. The zero-order valence-corrected chi connectivity index (χ0v) is 12.2. The van der Waals surface area contributed by atoms with Gasteiger partial charge in [0.05, 0.1) is 5.75 Å². The molecule has 1 amide bonds. The summed E-state index contributed by atoms with van der Waals surface area (Å²) >= 11 is 1.55. The van der Waals surface area contributed by atoms with E-state index in [2.05, 4.69) is 27.8 Å². The Morgan fingerprint density at radius 2 is 2.40 bits per heavy atom. The first kappa shape index (κ1) is 16.4. The summed E-state index contributed by atoms with van der Waals surface area (Å²) in [7, 11) is 0. The van der Waals surface area contributed by atoms with Crippen molar-refractivity contribution in [3.8, 4) is 0 Å². The summed E-state index contributed by atoms with van der Waals surface area (Å²) in [6, 6.07) is -0.837. The van der Waals surface area contributed by atoms with Crippen LogP contribution in [-0.2, 0) is 21.9 Å². The van der Waals surface area contributed by atoms with Crippen LogP contribution < -0.4 is 5.32 Å². The molecule has 0 fully saturated rings. The lowest BCUT2D eigenvalue weighted by Crippen LogP contribution is -2.36. The highest BCUT2D eigenvalue weighted by Crippen LogP contribution is 2.12. The van der Waals surface area contributed by atoms with Crippen LogP contribution in [0.5, 0.6) is 0 Å². The lowest BCUT2D eigenvalue weighted by Gasteiger charge is -2.10. The van der Waals surface area contributed by atoms with Crippen molar-refractivity contribution in [1.29, 1.82) is 0 Å². The Hall–Kier alpha value is -1.64. The van der Waals surface area contributed by atoms with Gasteiger partial charge in [0.25, 0.3) is 0 Å². The van der Waals surface area contributed by atoms with Gasteiger partial charge in [-0.3, -0.25) is 4.79 Å². The molecule has 1 aromatic heterocycles. The summed E-state index contributed by atoms with van der Waals surface area (Å²) < 4.78 is 1.77. The number of rotatable bonds is 11. The van der Waals surface area contributed by atoms with Crippen LogP contribution in [0.25, 0.3) is 0 Å². The maximum atomic E-state index is 10.8. The Balaban J connectivity index is 2.31. The molecular weight excluding hydrogens is 282 g/mol. The number of tetrazole rings is 1. The maximum absolute atomic E-state index is 10.8. The van der Waals surface area contributed by atoms with Crippen LogP contribution in [0.4, 0.5) is 0 Å². The Labute approximate surface area is 121 Å². The van der Waals surface area contributed by atoms with E-state index in [9.17, 15) is 9.59 Å². The summed E-state index contributed by atoms with van der Waals surface area (Å²) in [6.07, 6.45) is 2.88. The molecule has 0 aromatic carbocycles. The molecule has 0 aliphatic rings. The molecular formula is C11H19N5O3S. The molecule has 8 nitrogen and oxygen atoms in total. The van der Waals surface area contributed by atoms with Crippen LogP contribution in [0, 0.1) is 0 Å². The number of aryl methyl sites for hydroxylation is 1. The number of carboxylic acids is 1. The van der Waals surface area contributed by atoms with Crippen molar-refractivity contribution in [3.63, 3.8) is 0 Å². The first-order valence-electron chi connectivity index (χ1n) is 6.44. The topological polar surface area (TPSA) is 110 Å². The molecule has 0 radical (unpaired) electrons. The van der Waals surface area contributed by atoms with Gasteiger partial charge in [-0.2, -0.15) is 11.8 Å². The molecule has 9 heteroatoms. The van der Waals surface area contributed by atoms with E-state index in [4.69, 9.17) is 5.11 Å². The third-order valence-corrected chi connectivity index (χ3v) is 3.67. The van der Waals surface area contributed by atoms with Crippen LogP contribution in [0.1, 0.15) is 32.0 Å². The number of carbonyl (C=O) groups excluding carboxylic acids is 1. The maximum Gasteiger partial charge on any atom is 0.326 e. The van der Waals surface area contributed by atoms with Gasteiger partial charge in [-0.1, -0.05) is 13.3 Å². The number of unbranched alkanes of at least 4 members (excludes halogenated alkanes) is 1. The zero-order valence-electron chi connectivity index (χ0n) is 11.4. The molecule has 0 aliphatic carbocycles. The number of nitrogens with one attached hydrogen (secondary N) is 1. The highest BCUT2D eigenvalue weighted by molar-refractivity contribution is 7.98. The number of carboxylic acid groups (broad SMARTS) is 1. The number of thioether (sulfide) groups is 1. The largest absolute Gasteiger partial charge is 0.480 e. The number of aliphatic carboxylic acids is 1. The molecule has 1 heterocycles. The standard InChI is InChI=1S/C11H19N5O3S/c1-2-3-5-16-10(13-14-15-16)7-20-6-4-9(11(18)19)12-8-17/h8-9H,2-7H2,1H3,(H,12,17)(H,18,19). The quantitative estimate of drug-likeness (QED) is 0.446. The number of nitrogens with zero attached hydrogens (tertiary/aromatic N) is 4. The fourth-order valence-corrected chi connectivity index (χ4v) is 2.47. The van der Waals surface area contributed by atoms with E-state index in [1.165, 1.54) is 0 Å². The van der Waals surface area contributed by atoms with Crippen molar-refractivity contribution in [2.45, 2.75) is 44.5 Å². The van der Waals surface area contributed by atoms with Gasteiger partial charge in [-0.25, -0.2) is 9.48 Å². The Kier molecular flexibility index (Phi) is 7.63. The van der Waals surface area contributed by atoms with Gasteiger partial charge in [0.15, 0.2) is 5.82 Å². The van der Waals surface area contributed by atoms with Gasteiger partial charge in [0.1, 0.15) is 6.04 Å². The van der Waals surface area contributed by atoms with E-state index < -0.39 is 12.0 Å². The predicted octanol–water partition coefficient (Wildman–Crippen LogP) is 0.296. The van der Waals surface area contributed by atoms with Gasteiger partial charge in [0.2, 0.25) is 6.41 Å². The van der Waals surface area contributed by atoms with Crippen LogP contribution in [0.2, 0.25) is 0 Å². The molecule has 1 aromatic rings. The lowest BCUT2D eigenvalue weighted by molar-refractivity contribution is -0.140. The minimum atomic E-state index is -1.02. The number of hydrogen-bond acceptors (Lipinski definition) is 6. The van der Waals surface area contributed by atoms with Crippen LogP contribution in [0.15, 0.2) is 0 Å². The lowest BCUT2D eigenvalue weighted by atomic mass is 10.2. The second kappa shape index (κ2) is 9.29. The van der Waals surface area contributed by atoms with E-state index >= 15 is 0 Å². The first-order chi connectivity index (χ1) is 9.69. The Morgan fingerprint density at radius 3 is 3.05 bits per heavy atom. The molecule has 20 heavy (non-hydrogen) atoms. The minimum absolute atomic E-state index is 0.370. The van der Waals surface area contributed by atoms with Crippen LogP contribution in [-0.4, -0.2) is 49.5 Å². The number of carbonyl (C=O) groups is 2. The van der Waals surface area contributed by atoms with E-state index in [1.807, 2.05) is 0 Å². The fraction of sp³-hybridized carbons (Fsp3) is 0.727. The van der Waals surface area contributed by atoms with Crippen molar-refractivity contribution >= 4 is 24.1 Å². The molecule has 0 aliphatic heterocycles. The summed E-state index contributed by atoms with van der Waals surface area (Å²) in [6.45, 7) is 2.90. The number of amides is 1. The molecule has 112 valence electrons. The van der Waals surface area contributed by atoms with Crippen LogP contribution in [0.3, 0.4) is 0 Å². The Morgan fingerprint density at radius 1 is 1.60 bits per heavy atom. The average Bonchev–Trinajstić information content (AvgIpc) is 2.87. The molecule has 0 saturated carbocycles. The monoisotopic (exact) mass is 301 g/mol.